The van der Waals surface area contributed by atoms with Crippen LogP contribution in [0.4, 0.5) is 5.00 Å². The molecule has 3 rings (SSSR count). The SMILES string of the molecule is CNc1snc(C)c1C(=O)NCCc1coc(-c2ccccc2)n1. The van der Waals surface area contributed by atoms with Crippen molar-refractivity contribution < 1.29 is 9.21 Å². The molecule has 0 fully saturated rings. The van der Waals surface area contributed by atoms with E-state index in [4.69, 9.17) is 4.42 Å². The molecular formula is C17H18N4O2S. The van der Waals surface area contributed by atoms with E-state index in [0.717, 1.165) is 22.0 Å². The lowest BCUT2D eigenvalue weighted by Crippen LogP contribution is -2.26. The van der Waals surface area contributed by atoms with Crippen molar-refractivity contribution in [2.45, 2.75) is 13.3 Å². The van der Waals surface area contributed by atoms with Crippen molar-refractivity contribution in [2.24, 2.45) is 0 Å². The van der Waals surface area contributed by atoms with Gasteiger partial charge in [-0.2, -0.15) is 4.37 Å². The van der Waals surface area contributed by atoms with Gasteiger partial charge in [0.2, 0.25) is 5.89 Å². The van der Waals surface area contributed by atoms with Crippen LogP contribution in [0.3, 0.4) is 0 Å². The normalized spacial score (nSPS) is 10.6. The van der Waals surface area contributed by atoms with Gasteiger partial charge in [0, 0.05) is 25.6 Å². The molecule has 0 radical (unpaired) electrons. The molecule has 0 aliphatic carbocycles. The van der Waals surface area contributed by atoms with Crippen LogP contribution >= 0.6 is 11.5 Å². The molecule has 0 spiro atoms. The zero-order valence-electron chi connectivity index (χ0n) is 13.5. The van der Waals surface area contributed by atoms with Crippen LogP contribution in [-0.4, -0.2) is 28.9 Å². The van der Waals surface area contributed by atoms with E-state index in [2.05, 4.69) is 20.0 Å². The van der Waals surface area contributed by atoms with Crippen LogP contribution in [-0.2, 0) is 6.42 Å². The minimum Gasteiger partial charge on any atom is -0.444 e. The van der Waals surface area contributed by atoms with Crippen LogP contribution in [0, 0.1) is 6.92 Å². The summed E-state index contributed by atoms with van der Waals surface area (Å²) in [5.41, 5.74) is 3.08. The lowest BCUT2D eigenvalue weighted by atomic mass is 10.2. The van der Waals surface area contributed by atoms with Gasteiger partial charge in [-0.25, -0.2) is 4.98 Å². The number of aryl methyl sites for hydroxylation is 1. The Balaban J connectivity index is 1.58. The van der Waals surface area contributed by atoms with Crippen LogP contribution in [0.2, 0.25) is 0 Å². The van der Waals surface area contributed by atoms with Crippen molar-refractivity contribution >= 4 is 22.4 Å². The van der Waals surface area contributed by atoms with Crippen molar-refractivity contribution in [1.29, 1.82) is 0 Å². The molecule has 0 aliphatic heterocycles. The number of nitrogens with zero attached hydrogens (tertiary/aromatic N) is 2. The van der Waals surface area contributed by atoms with E-state index in [1.807, 2.05) is 37.3 Å². The lowest BCUT2D eigenvalue weighted by molar-refractivity contribution is 0.0954. The Kier molecular flexibility index (Phi) is 4.90. The number of anilines is 1. The highest BCUT2D eigenvalue weighted by Crippen LogP contribution is 2.23. The Morgan fingerprint density at radius 2 is 2.08 bits per heavy atom. The second kappa shape index (κ2) is 7.27. The van der Waals surface area contributed by atoms with E-state index in [9.17, 15) is 4.79 Å². The van der Waals surface area contributed by atoms with Crippen LogP contribution in [0.5, 0.6) is 0 Å². The molecule has 2 aromatic heterocycles. The topological polar surface area (TPSA) is 80.0 Å². The highest BCUT2D eigenvalue weighted by Gasteiger charge is 2.17. The predicted octanol–water partition coefficient (Wildman–Crippen LogP) is 3.12. The average molecular weight is 342 g/mol. The standard InChI is InChI=1S/C17H18N4O2S/c1-11-14(17(18-2)24-21-11)15(22)19-9-8-13-10-23-16(20-13)12-6-4-3-5-7-12/h3-7,10,18H,8-9H2,1-2H3,(H,19,22). The number of nitrogens with one attached hydrogen (secondary N) is 2. The van der Waals surface area contributed by atoms with Gasteiger partial charge >= 0.3 is 0 Å². The van der Waals surface area contributed by atoms with E-state index >= 15 is 0 Å². The number of carbonyl (C=O) groups is 1. The molecule has 0 saturated carbocycles. The molecule has 2 N–H and O–H groups in total. The fourth-order valence-electron chi connectivity index (χ4n) is 2.34. The number of oxazole rings is 1. The molecule has 3 aromatic rings. The maximum Gasteiger partial charge on any atom is 0.256 e. The maximum atomic E-state index is 12.3. The zero-order chi connectivity index (χ0) is 16.9. The molecule has 0 atom stereocenters. The number of benzene rings is 1. The molecule has 0 saturated heterocycles. The first-order chi connectivity index (χ1) is 11.7. The molecule has 6 nitrogen and oxygen atoms in total. The number of hydrogen-bond donors (Lipinski definition) is 2. The van der Waals surface area contributed by atoms with Gasteiger partial charge in [0.1, 0.15) is 11.3 Å². The van der Waals surface area contributed by atoms with Gasteiger partial charge in [-0.05, 0) is 30.6 Å². The fraction of sp³-hybridized carbons (Fsp3) is 0.235. The van der Waals surface area contributed by atoms with Crippen LogP contribution in [0.15, 0.2) is 41.0 Å². The summed E-state index contributed by atoms with van der Waals surface area (Å²) in [6.07, 6.45) is 2.23. The van der Waals surface area contributed by atoms with Crippen LogP contribution in [0.25, 0.3) is 11.5 Å². The van der Waals surface area contributed by atoms with Gasteiger partial charge in [0.25, 0.3) is 5.91 Å². The van der Waals surface area contributed by atoms with Gasteiger partial charge in [-0.1, -0.05) is 18.2 Å². The first-order valence-corrected chi connectivity index (χ1v) is 8.38. The molecule has 24 heavy (non-hydrogen) atoms. The minimum atomic E-state index is -0.127. The fourth-order valence-corrected chi connectivity index (χ4v) is 3.08. The monoisotopic (exact) mass is 342 g/mol. The van der Waals surface area contributed by atoms with Gasteiger partial charge in [-0.3, -0.25) is 4.79 Å². The maximum absolute atomic E-state index is 12.3. The Labute approximate surface area is 144 Å². The Hall–Kier alpha value is -2.67. The first-order valence-electron chi connectivity index (χ1n) is 7.61. The molecule has 0 unspecified atom stereocenters. The van der Waals surface area contributed by atoms with Crippen LogP contribution < -0.4 is 10.6 Å². The summed E-state index contributed by atoms with van der Waals surface area (Å²) in [6.45, 7) is 2.31. The van der Waals surface area contributed by atoms with E-state index in [-0.39, 0.29) is 5.91 Å². The lowest BCUT2D eigenvalue weighted by Gasteiger charge is -2.05. The summed E-state index contributed by atoms with van der Waals surface area (Å²) < 4.78 is 9.70. The van der Waals surface area contributed by atoms with E-state index in [1.54, 1.807) is 13.3 Å². The summed E-state index contributed by atoms with van der Waals surface area (Å²) in [5.74, 6) is 0.463. The molecule has 124 valence electrons. The van der Waals surface area contributed by atoms with Crippen molar-refractivity contribution in [2.75, 3.05) is 18.9 Å². The molecule has 2 heterocycles. The summed E-state index contributed by atoms with van der Waals surface area (Å²) in [7, 11) is 1.78. The third kappa shape index (κ3) is 3.46. The summed E-state index contributed by atoms with van der Waals surface area (Å²) >= 11 is 1.29. The van der Waals surface area contributed by atoms with Gasteiger partial charge in [0.05, 0.1) is 17.0 Å². The Morgan fingerprint density at radius 3 is 2.83 bits per heavy atom. The molecule has 1 aromatic carbocycles. The van der Waals surface area contributed by atoms with Gasteiger partial charge in [0.15, 0.2) is 0 Å². The first kappa shape index (κ1) is 16.2. The van der Waals surface area contributed by atoms with Crippen molar-refractivity contribution in [3.8, 4) is 11.5 Å². The number of hydrogen-bond acceptors (Lipinski definition) is 6. The molecule has 0 aliphatic rings. The molecule has 7 heteroatoms. The number of aromatic nitrogens is 2. The predicted molar refractivity (Wildman–Crippen MR) is 94.4 cm³/mol. The Morgan fingerprint density at radius 1 is 1.29 bits per heavy atom. The van der Waals surface area contributed by atoms with E-state index < -0.39 is 0 Å². The molecule has 1 amide bonds. The number of carbonyl (C=O) groups excluding carboxylic acids is 1. The zero-order valence-corrected chi connectivity index (χ0v) is 14.3. The van der Waals surface area contributed by atoms with Crippen molar-refractivity contribution in [3.63, 3.8) is 0 Å². The quantitative estimate of drug-likeness (QED) is 0.719. The average Bonchev–Trinajstić information content (AvgIpc) is 3.22. The van der Waals surface area contributed by atoms with E-state index in [0.29, 0.717) is 24.4 Å². The van der Waals surface area contributed by atoms with Crippen molar-refractivity contribution in [1.82, 2.24) is 14.7 Å². The summed E-state index contributed by atoms with van der Waals surface area (Å²) in [6, 6.07) is 9.72. The second-order valence-electron chi connectivity index (χ2n) is 5.24. The third-order valence-electron chi connectivity index (χ3n) is 3.56. The van der Waals surface area contributed by atoms with Gasteiger partial charge in [-0.15, -0.1) is 0 Å². The number of amides is 1. The third-order valence-corrected chi connectivity index (χ3v) is 4.51. The van der Waals surface area contributed by atoms with Crippen molar-refractivity contribution in [3.05, 3.63) is 53.5 Å². The Bertz CT molecular complexity index is 826. The summed E-state index contributed by atoms with van der Waals surface area (Å²) in [5, 5.41) is 6.67. The summed E-state index contributed by atoms with van der Waals surface area (Å²) in [4.78, 5) is 16.7. The van der Waals surface area contributed by atoms with Gasteiger partial charge < -0.3 is 15.1 Å². The highest BCUT2D eigenvalue weighted by molar-refractivity contribution is 7.10. The van der Waals surface area contributed by atoms with Crippen LogP contribution in [0.1, 0.15) is 21.7 Å². The van der Waals surface area contributed by atoms with E-state index in [1.165, 1.54) is 11.5 Å². The molecular weight excluding hydrogens is 324 g/mol. The minimum absolute atomic E-state index is 0.127. The smallest absolute Gasteiger partial charge is 0.256 e. The number of rotatable bonds is 6. The second-order valence-corrected chi connectivity index (χ2v) is 6.01. The largest absolute Gasteiger partial charge is 0.444 e. The highest BCUT2D eigenvalue weighted by atomic mass is 32.1. The molecule has 0 bridgehead atoms.